The summed E-state index contributed by atoms with van der Waals surface area (Å²) in [7, 11) is 0. The zero-order valence-electron chi connectivity index (χ0n) is 17.5. The topological polar surface area (TPSA) is 70.9 Å². The first-order valence-electron chi connectivity index (χ1n) is 10.1. The molecule has 1 amide bonds. The number of halogens is 1. The van der Waals surface area contributed by atoms with Crippen LogP contribution >= 0.6 is 11.6 Å². The Hall–Kier alpha value is -3.15. The first-order valence-corrected chi connectivity index (χ1v) is 10.5. The Morgan fingerprint density at radius 2 is 1.68 bits per heavy atom. The summed E-state index contributed by atoms with van der Waals surface area (Å²) in [5.41, 5.74) is 2.15. The minimum absolute atomic E-state index is 0.0601. The van der Waals surface area contributed by atoms with Crippen molar-refractivity contribution < 1.29 is 14.6 Å². The number of ether oxygens (including phenoxy) is 1. The van der Waals surface area contributed by atoms with Crippen molar-refractivity contribution in [3.8, 4) is 5.75 Å². The Morgan fingerprint density at radius 1 is 1.10 bits per heavy atom. The summed E-state index contributed by atoms with van der Waals surface area (Å²) in [5, 5.41) is 15.9. The highest BCUT2D eigenvalue weighted by Crippen LogP contribution is 2.30. The number of hydrazone groups is 1. The number of carbonyl (C=O) groups excluding carboxylic acids is 1. The summed E-state index contributed by atoms with van der Waals surface area (Å²) in [6.45, 7) is 4.01. The zero-order valence-corrected chi connectivity index (χ0v) is 18.2. The normalized spacial score (nSPS) is 12.5. The molecule has 3 aromatic rings. The third-order valence-corrected chi connectivity index (χ3v) is 5.25. The third-order valence-electron chi connectivity index (χ3n) is 4.95. The Bertz CT molecular complexity index is 1000. The van der Waals surface area contributed by atoms with E-state index in [0.29, 0.717) is 27.5 Å². The summed E-state index contributed by atoms with van der Waals surface area (Å²) in [6.07, 6.45) is 2.40. The van der Waals surface area contributed by atoms with E-state index in [4.69, 9.17) is 16.3 Å². The molecule has 0 aliphatic heterocycles. The number of nitrogens with zero attached hydrogens (tertiary/aromatic N) is 1. The Kier molecular flexibility index (Phi) is 7.45. The number of amides is 1. The van der Waals surface area contributed by atoms with Crippen LogP contribution in [0.2, 0.25) is 5.02 Å². The van der Waals surface area contributed by atoms with Crippen molar-refractivity contribution in [2.45, 2.75) is 32.0 Å². The second-order valence-electron chi connectivity index (χ2n) is 7.17. The van der Waals surface area contributed by atoms with Crippen molar-refractivity contribution in [2.75, 3.05) is 0 Å². The first kappa shape index (κ1) is 22.5. The van der Waals surface area contributed by atoms with Crippen LogP contribution in [0.3, 0.4) is 0 Å². The van der Waals surface area contributed by atoms with E-state index in [1.165, 1.54) is 6.21 Å². The van der Waals surface area contributed by atoms with Crippen molar-refractivity contribution in [1.82, 2.24) is 5.43 Å². The maximum absolute atomic E-state index is 13.0. The molecule has 0 saturated carbocycles. The van der Waals surface area contributed by atoms with Crippen molar-refractivity contribution in [1.29, 1.82) is 0 Å². The SMILES string of the molecule is CC[C@H](C)Oc1ccc(/C=N\NC(=O)C(O)(c2ccccc2)c2ccccc2)cc1Cl. The second kappa shape index (κ2) is 10.2. The van der Waals surface area contributed by atoms with Crippen LogP contribution in [-0.2, 0) is 10.4 Å². The van der Waals surface area contributed by atoms with Gasteiger partial charge >= 0.3 is 0 Å². The second-order valence-corrected chi connectivity index (χ2v) is 7.58. The van der Waals surface area contributed by atoms with Gasteiger partial charge in [-0.2, -0.15) is 5.10 Å². The number of carbonyl (C=O) groups is 1. The van der Waals surface area contributed by atoms with Crippen LogP contribution in [0.1, 0.15) is 37.0 Å². The van der Waals surface area contributed by atoms with E-state index in [9.17, 15) is 9.90 Å². The summed E-state index contributed by atoms with van der Waals surface area (Å²) in [5.74, 6) is -0.0660. The smallest absolute Gasteiger partial charge is 0.281 e. The van der Waals surface area contributed by atoms with Crippen LogP contribution in [-0.4, -0.2) is 23.3 Å². The molecule has 0 fully saturated rings. The van der Waals surface area contributed by atoms with Gasteiger partial charge in [0.25, 0.3) is 5.91 Å². The molecule has 3 aromatic carbocycles. The van der Waals surface area contributed by atoms with Crippen molar-refractivity contribution in [2.24, 2.45) is 5.10 Å². The van der Waals surface area contributed by atoms with E-state index >= 15 is 0 Å². The molecule has 6 heteroatoms. The monoisotopic (exact) mass is 436 g/mol. The van der Waals surface area contributed by atoms with Gasteiger partial charge in [-0.05, 0) is 48.2 Å². The number of nitrogens with one attached hydrogen (secondary N) is 1. The first-order chi connectivity index (χ1) is 14.9. The Labute approximate surface area is 187 Å². The lowest BCUT2D eigenvalue weighted by Gasteiger charge is -2.27. The number of rotatable bonds is 8. The fraction of sp³-hybridized carbons (Fsp3) is 0.200. The van der Waals surface area contributed by atoms with Crippen LogP contribution in [0.5, 0.6) is 5.75 Å². The molecule has 0 aliphatic carbocycles. The lowest BCUT2D eigenvalue weighted by molar-refractivity contribution is -0.136. The zero-order chi connectivity index (χ0) is 22.3. The van der Waals surface area contributed by atoms with Gasteiger partial charge in [-0.25, -0.2) is 5.43 Å². The van der Waals surface area contributed by atoms with E-state index in [2.05, 4.69) is 10.5 Å². The highest BCUT2D eigenvalue weighted by atomic mass is 35.5. The third kappa shape index (κ3) is 5.32. The molecule has 0 aromatic heterocycles. The van der Waals surface area contributed by atoms with Gasteiger partial charge in [0, 0.05) is 0 Å². The van der Waals surface area contributed by atoms with Gasteiger partial charge in [0.15, 0.2) is 5.60 Å². The van der Waals surface area contributed by atoms with Crippen LogP contribution < -0.4 is 10.2 Å². The minimum atomic E-state index is -1.88. The molecule has 0 unspecified atom stereocenters. The molecule has 0 heterocycles. The Morgan fingerprint density at radius 3 is 2.19 bits per heavy atom. The van der Waals surface area contributed by atoms with E-state index in [-0.39, 0.29) is 6.10 Å². The van der Waals surface area contributed by atoms with Crippen LogP contribution in [0, 0.1) is 0 Å². The van der Waals surface area contributed by atoms with Gasteiger partial charge in [0.1, 0.15) is 5.75 Å². The van der Waals surface area contributed by atoms with Crippen LogP contribution in [0.4, 0.5) is 0 Å². The minimum Gasteiger partial charge on any atom is -0.489 e. The molecule has 0 bridgehead atoms. The highest BCUT2D eigenvalue weighted by molar-refractivity contribution is 6.32. The predicted molar refractivity (Wildman–Crippen MR) is 123 cm³/mol. The molecule has 0 spiro atoms. The number of benzene rings is 3. The fourth-order valence-corrected chi connectivity index (χ4v) is 3.26. The lowest BCUT2D eigenvalue weighted by atomic mass is 9.85. The quantitative estimate of drug-likeness (QED) is 0.389. The molecule has 0 radical (unpaired) electrons. The molecular formula is C25H25ClN2O3. The molecule has 5 nitrogen and oxygen atoms in total. The molecule has 0 saturated heterocycles. The number of hydrogen-bond donors (Lipinski definition) is 2. The average Bonchev–Trinajstić information content (AvgIpc) is 2.81. The highest BCUT2D eigenvalue weighted by Gasteiger charge is 2.39. The maximum Gasteiger partial charge on any atom is 0.281 e. The van der Waals surface area contributed by atoms with Crippen molar-refractivity contribution in [3.05, 3.63) is 101 Å². The summed E-state index contributed by atoms with van der Waals surface area (Å²) in [6, 6.07) is 22.8. The molecule has 1 atom stereocenters. The van der Waals surface area contributed by atoms with E-state index in [1.54, 1.807) is 66.7 Å². The largest absolute Gasteiger partial charge is 0.489 e. The van der Waals surface area contributed by atoms with Gasteiger partial charge in [0.2, 0.25) is 0 Å². The summed E-state index contributed by atoms with van der Waals surface area (Å²) >= 11 is 6.29. The fourth-order valence-electron chi connectivity index (χ4n) is 3.03. The molecule has 31 heavy (non-hydrogen) atoms. The molecular weight excluding hydrogens is 412 g/mol. The van der Waals surface area contributed by atoms with Crippen LogP contribution in [0.15, 0.2) is 84.0 Å². The predicted octanol–water partition coefficient (Wildman–Crippen LogP) is 4.90. The molecule has 3 rings (SSSR count). The van der Waals surface area contributed by atoms with Gasteiger partial charge < -0.3 is 9.84 Å². The molecule has 160 valence electrons. The van der Waals surface area contributed by atoms with Crippen molar-refractivity contribution in [3.63, 3.8) is 0 Å². The average molecular weight is 437 g/mol. The van der Waals surface area contributed by atoms with E-state index in [1.807, 2.05) is 26.0 Å². The number of hydrogen-bond acceptors (Lipinski definition) is 4. The summed E-state index contributed by atoms with van der Waals surface area (Å²) in [4.78, 5) is 13.0. The van der Waals surface area contributed by atoms with Crippen molar-refractivity contribution >= 4 is 23.7 Å². The Balaban J connectivity index is 1.79. The lowest BCUT2D eigenvalue weighted by Crippen LogP contribution is -2.43. The van der Waals surface area contributed by atoms with E-state index < -0.39 is 11.5 Å². The maximum atomic E-state index is 13.0. The standard InChI is InChI=1S/C25H25ClN2O3/c1-3-18(2)31-23-15-14-19(16-22(23)26)17-27-28-24(29)25(30,20-10-6-4-7-11-20)21-12-8-5-9-13-21/h4-18,30H,3H2,1-2H3,(H,28,29)/b27-17-/t18-/m0/s1. The molecule has 0 aliphatic rings. The van der Waals surface area contributed by atoms with Crippen LogP contribution in [0.25, 0.3) is 0 Å². The van der Waals surface area contributed by atoms with Gasteiger partial charge in [-0.3, -0.25) is 4.79 Å². The van der Waals surface area contributed by atoms with Gasteiger partial charge in [-0.15, -0.1) is 0 Å². The number of aliphatic hydroxyl groups is 1. The van der Waals surface area contributed by atoms with E-state index in [0.717, 1.165) is 6.42 Å². The molecule has 2 N–H and O–H groups in total. The van der Waals surface area contributed by atoms with Gasteiger partial charge in [0.05, 0.1) is 17.3 Å². The summed E-state index contributed by atoms with van der Waals surface area (Å²) < 4.78 is 5.76. The van der Waals surface area contributed by atoms with Gasteiger partial charge in [-0.1, -0.05) is 79.2 Å².